The van der Waals surface area contributed by atoms with Gasteiger partial charge in [0.15, 0.2) is 0 Å². The van der Waals surface area contributed by atoms with Crippen molar-refractivity contribution in [1.29, 1.82) is 5.26 Å². The van der Waals surface area contributed by atoms with Gasteiger partial charge in [-0.25, -0.2) is 4.98 Å². The summed E-state index contributed by atoms with van der Waals surface area (Å²) < 4.78 is 7.75. The first-order chi connectivity index (χ1) is 13.7. The van der Waals surface area contributed by atoms with Crippen LogP contribution in [0.5, 0.6) is 0 Å². The highest BCUT2D eigenvalue weighted by molar-refractivity contribution is 5.66. The Labute approximate surface area is 167 Å². The highest BCUT2D eigenvalue weighted by Gasteiger charge is 2.22. The molecule has 6 nitrogen and oxygen atoms in total. The van der Waals surface area contributed by atoms with Gasteiger partial charge in [-0.05, 0) is 43.7 Å². The van der Waals surface area contributed by atoms with Gasteiger partial charge in [0, 0.05) is 49.1 Å². The monoisotopic (exact) mass is 379 g/mol. The van der Waals surface area contributed by atoms with E-state index in [0.29, 0.717) is 12.0 Å². The summed E-state index contributed by atoms with van der Waals surface area (Å²) in [5.74, 6) is 1.54. The number of rotatable bonds is 4. The molecule has 2 aliphatic heterocycles. The molecule has 2 aromatic rings. The molecule has 0 aliphatic carbocycles. The van der Waals surface area contributed by atoms with Crippen LogP contribution in [0.3, 0.4) is 0 Å². The lowest BCUT2D eigenvalue weighted by molar-refractivity contribution is 0.0548. The predicted molar refractivity (Wildman–Crippen MR) is 109 cm³/mol. The second-order valence-electron chi connectivity index (χ2n) is 8.23. The van der Waals surface area contributed by atoms with Gasteiger partial charge >= 0.3 is 0 Å². The first-order valence-electron chi connectivity index (χ1n) is 10.4. The van der Waals surface area contributed by atoms with Crippen LogP contribution in [0.25, 0.3) is 11.1 Å². The summed E-state index contributed by atoms with van der Waals surface area (Å²) in [6.45, 7) is 7.79. The van der Waals surface area contributed by atoms with Crippen molar-refractivity contribution in [2.45, 2.75) is 51.5 Å². The number of ether oxygens (including phenoxy) is 1. The van der Waals surface area contributed by atoms with Gasteiger partial charge in [0.1, 0.15) is 5.82 Å². The summed E-state index contributed by atoms with van der Waals surface area (Å²) in [6, 6.07) is 6.98. The minimum absolute atomic E-state index is 0.193. The molecule has 4 heterocycles. The Bertz CT molecular complexity index is 822. The molecule has 2 fully saturated rings. The van der Waals surface area contributed by atoms with Gasteiger partial charge in [0.25, 0.3) is 0 Å². The van der Waals surface area contributed by atoms with E-state index in [-0.39, 0.29) is 5.92 Å². The standard InChI is InChI=1S/C22H29N5O/c1-16(2)22-20(14-27(25-22)19-4-3-11-28-15-19)18-5-6-21(24-13-18)26-9-7-17(12-23)8-10-26/h5-6,13-14,16-17,19H,3-4,7-11,15H2,1-2H3. The van der Waals surface area contributed by atoms with Crippen molar-refractivity contribution >= 4 is 5.82 Å². The van der Waals surface area contributed by atoms with E-state index in [1.54, 1.807) is 0 Å². The SMILES string of the molecule is CC(C)c1nn(C2CCCOC2)cc1-c1ccc(N2CCC(C#N)CC2)nc1. The highest BCUT2D eigenvalue weighted by atomic mass is 16.5. The Morgan fingerprint density at radius 1 is 1.21 bits per heavy atom. The van der Waals surface area contributed by atoms with Gasteiger partial charge in [-0.1, -0.05) is 13.8 Å². The number of hydrogen-bond donors (Lipinski definition) is 0. The van der Waals surface area contributed by atoms with Crippen molar-refractivity contribution < 1.29 is 4.74 Å². The molecular formula is C22H29N5O. The van der Waals surface area contributed by atoms with Crippen LogP contribution in [0.1, 0.15) is 57.2 Å². The number of piperidine rings is 1. The van der Waals surface area contributed by atoms with Gasteiger partial charge in [0.05, 0.1) is 24.4 Å². The average molecular weight is 380 g/mol. The molecular weight excluding hydrogens is 350 g/mol. The third-order valence-corrected chi connectivity index (χ3v) is 5.88. The minimum Gasteiger partial charge on any atom is -0.379 e. The molecule has 148 valence electrons. The molecule has 4 rings (SSSR count). The minimum atomic E-state index is 0.193. The Hall–Kier alpha value is -2.39. The number of hydrogen-bond acceptors (Lipinski definition) is 5. The molecule has 1 unspecified atom stereocenters. The van der Waals surface area contributed by atoms with E-state index in [1.807, 2.05) is 6.20 Å². The van der Waals surface area contributed by atoms with Crippen LogP contribution in [-0.2, 0) is 4.74 Å². The van der Waals surface area contributed by atoms with Crippen LogP contribution in [0, 0.1) is 17.2 Å². The first kappa shape index (κ1) is 18.9. The number of nitrogens with zero attached hydrogens (tertiary/aromatic N) is 5. The fraction of sp³-hybridized carbons (Fsp3) is 0.591. The molecule has 2 saturated heterocycles. The zero-order chi connectivity index (χ0) is 19.5. The fourth-order valence-electron chi connectivity index (χ4n) is 4.14. The quantitative estimate of drug-likeness (QED) is 0.798. The van der Waals surface area contributed by atoms with Gasteiger partial charge < -0.3 is 9.64 Å². The van der Waals surface area contributed by atoms with E-state index in [2.05, 4.69) is 47.8 Å². The molecule has 6 heteroatoms. The Morgan fingerprint density at radius 2 is 2.04 bits per heavy atom. The second kappa shape index (κ2) is 8.32. The molecule has 2 aromatic heterocycles. The predicted octanol–water partition coefficient (Wildman–Crippen LogP) is 4.16. The molecule has 0 spiro atoms. The van der Waals surface area contributed by atoms with Gasteiger partial charge in [-0.2, -0.15) is 10.4 Å². The summed E-state index contributed by atoms with van der Waals surface area (Å²) in [7, 11) is 0. The second-order valence-corrected chi connectivity index (χ2v) is 8.23. The molecule has 0 aromatic carbocycles. The van der Waals surface area contributed by atoms with E-state index in [1.165, 1.54) is 5.56 Å². The summed E-state index contributed by atoms with van der Waals surface area (Å²) in [4.78, 5) is 7.01. The van der Waals surface area contributed by atoms with Crippen LogP contribution in [0.4, 0.5) is 5.82 Å². The van der Waals surface area contributed by atoms with Crippen molar-refractivity contribution in [3.05, 3.63) is 30.2 Å². The number of nitriles is 1. The molecule has 0 N–H and O–H groups in total. The van der Waals surface area contributed by atoms with E-state index < -0.39 is 0 Å². The molecule has 2 aliphatic rings. The zero-order valence-corrected chi connectivity index (χ0v) is 16.8. The van der Waals surface area contributed by atoms with E-state index >= 15 is 0 Å². The summed E-state index contributed by atoms with van der Waals surface area (Å²) in [6.07, 6.45) is 8.20. The smallest absolute Gasteiger partial charge is 0.128 e. The lowest BCUT2D eigenvalue weighted by Crippen LogP contribution is -2.33. The van der Waals surface area contributed by atoms with Crippen molar-refractivity contribution in [3.8, 4) is 17.2 Å². The number of anilines is 1. The van der Waals surface area contributed by atoms with Crippen LogP contribution >= 0.6 is 0 Å². The normalized spacial score (nSPS) is 21.1. The molecule has 0 radical (unpaired) electrons. The van der Waals surface area contributed by atoms with E-state index in [4.69, 9.17) is 20.1 Å². The van der Waals surface area contributed by atoms with Crippen molar-refractivity contribution in [1.82, 2.24) is 14.8 Å². The Morgan fingerprint density at radius 3 is 2.64 bits per heavy atom. The lowest BCUT2D eigenvalue weighted by Gasteiger charge is -2.30. The van der Waals surface area contributed by atoms with Gasteiger partial charge in [0.2, 0.25) is 0 Å². The fourth-order valence-corrected chi connectivity index (χ4v) is 4.14. The largest absolute Gasteiger partial charge is 0.379 e. The number of aromatic nitrogens is 3. The molecule has 0 saturated carbocycles. The van der Waals surface area contributed by atoms with E-state index in [0.717, 1.165) is 69.1 Å². The maximum atomic E-state index is 9.08. The number of pyridine rings is 1. The molecule has 0 bridgehead atoms. The van der Waals surface area contributed by atoms with Crippen molar-refractivity contribution in [2.24, 2.45) is 5.92 Å². The van der Waals surface area contributed by atoms with Crippen LogP contribution in [0.2, 0.25) is 0 Å². The first-order valence-corrected chi connectivity index (χ1v) is 10.4. The van der Waals surface area contributed by atoms with Crippen molar-refractivity contribution in [2.75, 3.05) is 31.2 Å². The van der Waals surface area contributed by atoms with Gasteiger partial charge in [-0.15, -0.1) is 0 Å². The average Bonchev–Trinajstić information content (AvgIpc) is 3.20. The van der Waals surface area contributed by atoms with Crippen LogP contribution < -0.4 is 4.90 Å². The maximum Gasteiger partial charge on any atom is 0.128 e. The third kappa shape index (κ3) is 3.90. The summed E-state index contributed by atoms with van der Waals surface area (Å²) >= 11 is 0. The topological polar surface area (TPSA) is 67.0 Å². The Balaban J connectivity index is 1.55. The van der Waals surface area contributed by atoms with Crippen LogP contribution in [-0.4, -0.2) is 41.1 Å². The highest BCUT2D eigenvalue weighted by Crippen LogP contribution is 2.31. The molecule has 0 amide bonds. The van der Waals surface area contributed by atoms with E-state index in [9.17, 15) is 0 Å². The molecule has 28 heavy (non-hydrogen) atoms. The Kier molecular flexibility index (Phi) is 5.63. The van der Waals surface area contributed by atoms with Crippen LogP contribution in [0.15, 0.2) is 24.5 Å². The summed E-state index contributed by atoms with van der Waals surface area (Å²) in [5.41, 5.74) is 3.40. The summed E-state index contributed by atoms with van der Waals surface area (Å²) in [5, 5.41) is 14.0. The van der Waals surface area contributed by atoms with Crippen molar-refractivity contribution in [3.63, 3.8) is 0 Å². The maximum absolute atomic E-state index is 9.08. The third-order valence-electron chi connectivity index (χ3n) is 5.88. The lowest BCUT2D eigenvalue weighted by atomic mass is 9.98. The molecule has 1 atom stereocenters. The van der Waals surface area contributed by atoms with Gasteiger partial charge in [-0.3, -0.25) is 4.68 Å². The zero-order valence-electron chi connectivity index (χ0n) is 16.8.